The fourth-order valence-corrected chi connectivity index (χ4v) is 3.18. The van der Waals surface area contributed by atoms with Gasteiger partial charge < -0.3 is 15.6 Å². The zero-order valence-corrected chi connectivity index (χ0v) is 15.2. The number of pyridine rings is 1. The number of hydrogen-bond acceptors (Lipinski definition) is 3. The van der Waals surface area contributed by atoms with Gasteiger partial charge in [-0.15, -0.1) is 0 Å². The largest absolute Gasteiger partial charge is 0.340 e. The van der Waals surface area contributed by atoms with Gasteiger partial charge in [0.1, 0.15) is 5.82 Å². The van der Waals surface area contributed by atoms with Crippen molar-refractivity contribution >= 4 is 33.7 Å². The molecule has 0 saturated carbocycles. The molecule has 4 aromatic rings. The van der Waals surface area contributed by atoms with Gasteiger partial charge in [0.15, 0.2) is 0 Å². The van der Waals surface area contributed by atoms with Crippen LogP contribution in [-0.4, -0.2) is 21.0 Å². The minimum atomic E-state index is -0.285. The van der Waals surface area contributed by atoms with Crippen LogP contribution in [0, 0.1) is 5.92 Å². The lowest BCUT2D eigenvalue weighted by Gasteiger charge is -2.21. The van der Waals surface area contributed by atoms with Crippen molar-refractivity contribution in [1.29, 1.82) is 0 Å². The number of benzene rings is 2. The molecule has 0 radical (unpaired) electrons. The van der Waals surface area contributed by atoms with Crippen molar-refractivity contribution < 1.29 is 4.79 Å². The van der Waals surface area contributed by atoms with Gasteiger partial charge in [-0.2, -0.15) is 0 Å². The van der Waals surface area contributed by atoms with Gasteiger partial charge >= 0.3 is 6.03 Å². The number of carbonyl (C=O) groups is 1. The number of para-hydroxylation sites is 3. The summed E-state index contributed by atoms with van der Waals surface area (Å²) < 4.78 is 0. The van der Waals surface area contributed by atoms with Gasteiger partial charge in [0.2, 0.25) is 0 Å². The summed E-state index contributed by atoms with van der Waals surface area (Å²) in [6.07, 6.45) is 1.72. The minimum Gasteiger partial charge on any atom is -0.340 e. The van der Waals surface area contributed by atoms with E-state index in [1.54, 1.807) is 6.20 Å². The number of urea groups is 1. The van der Waals surface area contributed by atoms with Crippen molar-refractivity contribution in [3.63, 3.8) is 0 Å². The number of nitrogens with one attached hydrogen (secondary N) is 3. The summed E-state index contributed by atoms with van der Waals surface area (Å²) >= 11 is 0. The zero-order chi connectivity index (χ0) is 18.8. The van der Waals surface area contributed by atoms with Gasteiger partial charge in [0.25, 0.3) is 0 Å². The molecule has 2 amide bonds. The van der Waals surface area contributed by atoms with Crippen LogP contribution in [0.4, 0.5) is 10.5 Å². The monoisotopic (exact) mass is 359 g/mol. The number of hydrogen-bond donors (Lipinski definition) is 3. The maximum absolute atomic E-state index is 12.7. The number of aromatic amines is 1. The van der Waals surface area contributed by atoms with Crippen molar-refractivity contribution in [2.75, 3.05) is 5.32 Å². The highest BCUT2D eigenvalue weighted by Crippen LogP contribution is 2.24. The van der Waals surface area contributed by atoms with Gasteiger partial charge in [-0.05, 0) is 30.2 Å². The van der Waals surface area contributed by atoms with E-state index in [9.17, 15) is 4.79 Å². The van der Waals surface area contributed by atoms with E-state index < -0.39 is 0 Å². The summed E-state index contributed by atoms with van der Waals surface area (Å²) in [4.78, 5) is 25.0. The molecule has 0 bridgehead atoms. The normalized spacial score (nSPS) is 12.4. The average molecular weight is 359 g/mol. The standard InChI is InChI=1S/C21H21N5O/c1-13(2)18(20-23-15-9-3-4-10-16(15)24-20)26-21(27)25-17-11-5-7-14-8-6-12-22-19(14)17/h3-13,18H,1-2H3,(H,23,24)(H2,25,26,27). The lowest BCUT2D eigenvalue weighted by Crippen LogP contribution is -2.35. The number of H-pyrrole nitrogens is 1. The molecule has 3 N–H and O–H groups in total. The van der Waals surface area contributed by atoms with E-state index in [-0.39, 0.29) is 18.0 Å². The van der Waals surface area contributed by atoms with Crippen LogP contribution in [0.5, 0.6) is 0 Å². The topological polar surface area (TPSA) is 82.7 Å². The van der Waals surface area contributed by atoms with Crippen LogP contribution in [0.3, 0.4) is 0 Å². The van der Waals surface area contributed by atoms with Crippen LogP contribution in [0.15, 0.2) is 60.8 Å². The van der Waals surface area contributed by atoms with Crippen LogP contribution in [0.1, 0.15) is 25.7 Å². The van der Waals surface area contributed by atoms with Crippen LogP contribution < -0.4 is 10.6 Å². The Kier molecular flexibility index (Phi) is 4.46. The number of amides is 2. The Morgan fingerprint density at radius 1 is 1.04 bits per heavy atom. The van der Waals surface area contributed by atoms with E-state index in [2.05, 4.69) is 39.4 Å². The number of anilines is 1. The zero-order valence-electron chi connectivity index (χ0n) is 15.2. The Bertz CT molecular complexity index is 1060. The molecule has 2 heterocycles. The Hall–Kier alpha value is -3.41. The summed E-state index contributed by atoms with van der Waals surface area (Å²) in [5.41, 5.74) is 3.29. The van der Waals surface area contributed by atoms with E-state index in [1.807, 2.05) is 54.6 Å². The lowest BCUT2D eigenvalue weighted by molar-refractivity contribution is 0.244. The molecule has 0 aliphatic heterocycles. The van der Waals surface area contributed by atoms with Gasteiger partial charge in [0, 0.05) is 11.6 Å². The van der Waals surface area contributed by atoms with Crippen LogP contribution in [0.2, 0.25) is 0 Å². The second-order valence-electron chi connectivity index (χ2n) is 6.84. The molecule has 1 atom stereocenters. The summed E-state index contributed by atoms with van der Waals surface area (Å²) in [5.74, 6) is 0.916. The molecular formula is C21H21N5O. The summed E-state index contributed by atoms with van der Waals surface area (Å²) in [7, 11) is 0. The number of fused-ring (bicyclic) bond motifs is 2. The van der Waals surface area contributed by atoms with E-state index in [1.165, 1.54) is 0 Å². The van der Waals surface area contributed by atoms with Gasteiger partial charge in [-0.25, -0.2) is 9.78 Å². The van der Waals surface area contributed by atoms with E-state index >= 15 is 0 Å². The average Bonchev–Trinajstić information content (AvgIpc) is 3.10. The number of nitrogens with zero attached hydrogens (tertiary/aromatic N) is 2. The van der Waals surface area contributed by atoms with E-state index in [0.717, 1.165) is 27.8 Å². The fourth-order valence-electron chi connectivity index (χ4n) is 3.18. The Balaban J connectivity index is 1.57. The third kappa shape index (κ3) is 3.46. The molecule has 27 heavy (non-hydrogen) atoms. The second kappa shape index (κ2) is 7.07. The molecule has 0 saturated heterocycles. The quantitative estimate of drug-likeness (QED) is 0.497. The lowest BCUT2D eigenvalue weighted by atomic mass is 10.0. The second-order valence-corrected chi connectivity index (χ2v) is 6.84. The van der Waals surface area contributed by atoms with E-state index in [4.69, 9.17) is 0 Å². The highest BCUT2D eigenvalue weighted by molar-refractivity contribution is 5.99. The van der Waals surface area contributed by atoms with Gasteiger partial charge in [-0.3, -0.25) is 4.98 Å². The molecule has 0 spiro atoms. The summed E-state index contributed by atoms with van der Waals surface area (Å²) in [6.45, 7) is 4.11. The first kappa shape index (κ1) is 17.0. The predicted octanol–water partition coefficient (Wildman–Crippen LogP) is 4.63. The molecular weight excluding hydrogens is 338 g/mol. The predicted molar refractivity (Wildman–Crippen MR) is 108 cm³/mol. The molecule has 1 unspecified atom stereocenters. The molecule has 6 heteroatoms. The van der Waals surface area contributed by atoms with E-state index in [0.29, 0.717) is 5.69 Å². The smallest absolute Gasteiger partial charge is 0.319 e. The van der Waals surface area contributed by atoms with Crippen LogP contribution in [0.25, 0.3) is 21.9 Å². The van der Waals surface area contributed by atoms with Crippen molar-refractivity contribution in [1.82, 2.24) is 20.3 Å². The fraction of sp³-hybridized carbons (Fsp3) is 0.190. The van der Waals surface area contributed by atoms with Gasteiger partial charge in [-0.1, -0.05) is 44.2 Å². The van der Waals surface area contributed by atoms with Crippen LogP contribution in [-0.2, 0) is 0 Å². The number of carbonyl (C=O) groups excluding carboxylic acids is 1. The van der Waals surface area contributed by atoms with Crippen molar-refractivity contribution in [3.8, 4) is 0 Å². The number of rotatable bonds is 4. The van der Waals surface area contributed by atoms with Crippen LogP contribution >= 0.6 is 0 Å². The third-order valence-electron chi connectivity index (χ3n) is 4.54. The highest BCUT2D eigenvalue weighted by Gasteiger charge is 2.22. The molecule has 136 valence electrons. The van der Waals surface area contributed by atoms with Crippen molar-refractivity contribution in [3.05, 3.63) is 66.6 Å². The maximum Gasteiger partial charge on any atom is 0.319 e. The first-order valence-corrected chi connectivity index (χ1v) is 8.98. The summed E-state index contributed by atoms with van der Waals surface area (Å²) in [5, 5.41) is 6.93. The highest BCUT2D eigenvalue weighted by atomic mass is 16.2. The van der Waals surface area contributed by atoms with Gasteiger partial charge in [0.05, 0.1) is 28.3 Å². The molecule has 0 aliphatic carbocycles. The minimum absolute atomic E-state index is 0.168. The van der Waals surface area contributed by atoms with Crippen molar-refractivity contribution in [2.24, 2.45) is 5.92 Å². The molecule has 2 aromatic heterocycles. The number of imidazole rings is 1. The Labute approximate surface area is 157 Å². The van der Waals surface area contributed by atoms with Crippen molar-refractivity contribution in [2.45, 2.75) is 19.9 Å². The Morgan fingerprint density at radius 2 is 1.85 bits per heavy atom. The third-order valence-corrected chi connectivity index (χ3v) is 4.54. The molecule has 2 aromatic carbocycles. The molecule has 4 rings (SSSR count). The first-order valence-electron chi connectivity index (χ1n) is 8.98. The molecule has 0 fully saturated rings. The first-order chi connectivity index (χ1) is 13.1. The molecule has 0 aliphatic rings. The SMILES string of the molecule is CC(C)C(NC(=O)Nc1cccc2cccnc12)c1nc2ccccc2[nH]1. The molecule has 6 nitrogen and oxygen atoms in total. The maximum atomic E-state index is 12.7. The summed E-state index contributed by atoms with van der Waals surface area (Å²) in [6, 6.07) is 16.9. The Morgan fingerprint density at radius 3 is 2.67 bits per heavy atom. The number of aromatic nitrogens is 3.